The van der Waals surface area contributed by atoms with Crippen molar-refractivity contribution < 1.29 is 14.6 Å². The summed E-state index contributed by atoms with van der Waals surface area (Å²) in [5.74, 6) is 2.89. The molecule has 116 valence electrons. The number of phenols is 1. The number of aliphatic hydroxyl groups is 1. The molecule has 4 bridgehead atoms. The number of rotatable bonds is 1. The maximum atomic E-state index is 9.81. The highest BCUT2D eigenvalue weighted by molar-refractivity contribution is 5.84. The Kier molecular flexibility index (Phi) is 2.65. The molecule has 22 heavy (non-hydrogen) atoms. The van der Waals surface area contributed by atoms with Crippen LogP contribution in [0, 0.1) is 11.8 Å². The minimum Gasteiger partial charge on any atom is -0.508 e. The molecule has 4 nitrogen and oxygen atoms in total. The largest absolute Gasteiger partial charge is 0.508 e. The highest BCUT2D eigenvalue weighted by Gasteiger charge is 2.49. The van der Waals surface area contributed by atoms with E-state index in [1.165, 1.54) is 18.5 Å². The average molecular weight is 299 g/mol. The number of benzene rings is 1. The van der Waals surface area contributed by atoms with Gasteiger partial charge in [-0.1, -0.05) is 0 Å². The van der Waals surface area contributed by atoms with E-state index in [0.717, 1.165) is 36.1 Å². The molecule has 6 rings (SSSR count). The van der Waals surface area contributed by atoms with Crippen LogP contribution in [0.2, 0.25) is 0 Å². The molecule has 2 aromatic rings. The van der Waals surface area contributed by atoms with Crippen molar-refractivity contribution in [2.45, 2.75) is 31.2 Å². The molecule has 2 saturated heterocycles. The van der Waals surface area contributed by atoms with Gasteiger partial charge in [0.2, 0.25) is 0 Å². The van der Waals surface area contributed by atoms with Crippen LogP contribution in [0.3, 0.4) is 0 Å². The summed E-state index contributed by atoms with van der Waals surface area (Å²) in [7, 11) is 0. The lowest BCUT2D eigenvalue weighted by atomic mass is 9.66. The van der Waals surface area contributed by atoms with Crippen LogP contribution in [0.5, 0.6) is 5.75 Å². The summed E-state index contributed by atoms with van der Waals surface area (Å²) < 4.78 is 6.24. The smallest absolute Gasteiger partial charge is 0.134 e. The Bertz CT molecular complexity index is 737. The molecule has 1 aromatic heterocycles. The number of phenolic OH excluding ortho intramolecular Hbond substituents is 1. The molecular weight excluding hydrogens is 278 g/mol. The highest BCUT2D eigenvalue weighted by Crippen LogP contribution is 2.51. The minimum atomic E-state index is 0.282. The molecule has 2 N–H and O–H groups in total. The van der Waals surface area contributed by atoms with Gasteiger partial charge in [0, 0.05) is 42.6 Å². The highest BCUT2D eigenvalue weighted by atomic mass is 16.3. The zero-order valence-electron chi connectivity index (χ0n) is 12.5. The third kappa shape index (κ3) is 1.65. The Morgan fingerprint density at radius 3 is 3.05 bits per heavy atom. The van der Waals surface area contributed by atoms with E-state index in [9.17, 15) is 10.2 Å². The van der Waals surface area contributed by atoms with Crippen molar-refractivity contribution in [1.29, 1.82) is 0 Å². The Balaban J connectivity index is 1.69. The topological polar surface area (TPSA) is 56.8 Å². The molecule has 0 radical (unpaired) electrons. The standard InChI is InChI=1S/C18H21NO3/c20-9-11-5-10-6-15-17(11)19(8-10)4-3-13-14-7-12(21)1-2-16(14)22-18(13)15/h1-2,7,10-11,15,17,20-21H,3-6,8-9H2. The number of furan rings is 1. The first-order chi connectivity index (χ1) is 10.7. The molecule has 4 aliphatic rings. The van der Waals surface area contributed by atoms with Crippen LogP contribution in [0.4, 0.5) is 0 Å². The van der Waals surface area contributed by atoms with Crippen molar-refractivity contribution in [1.82, 2.24) is 4.90 Å². The van der Waals surface area contributed by atoms with Crippen molar-refractivity contribution in [3.05, 3.63) is 29.5 Å². The minimum absolute atomic E-state index is 0.282. The van der Waals surface area contributed by atoms with Gasteiger partial charge in [-0.05, 0) is 49.3 Å². The first-order valence-corrected chi connectivity index (χ1v) is 8.34. The fraction of sp³-hybridized carbons (Fsp3) is 0.556. The third-order valence-electron chi connectivity index (χ3n) is 6.06. The first-order valence-electron chi connectivity index (χ1n) is 8.34. The summed E-state index contributed by atoms with van der Waals surface area (Å²) in [6.45, 7) is 2.49. The van der Waals surface area contributed by atoms with Crippen molar-refractivity contribution >= 4 is 11.0 Å². The van der Waals surface area contributed by atoms with Gasteiger partial charge in [-0.3, -0.25) is 4.90 Å². The molecular formula is C18H21NO3. The van der Waals surface area contributed by atoms with E-state index in [1.54, 1.807) is 6.07 Å². The van der Waals surface area contributed by atoms with Crippen LogP contribution < -0.4 is 0 Å². The van der Waals surface area contributed by atoms with E-state index in [0.29, 0.717) is 29.5 Å². The molecule has 4 heterocycles. The van der Waals surface area contributed by atoms with Gasteiger partial charge in [-0.15, -0.1) is 0 Å². The Labute approximate surface area is 129 Å². The molecule has 5 atom stereocenters. The van der Waals surface area contributed by atoms with Gasteiger partial charge < -0.3 is 14.6 Å². The molecule has 3 fully saturated rings. The molecule has 5 unspecified atom stereocenters. The van der Waals surface area contributed by atoms with E-state index in [-0.39, 0.29) is 6.61 Å². The van der Waals surface area contributed by atoms with Crippen molar-refractivity contribution in [2.24, 2.45) is 11.8 Å². The summed E-state index contributed by atoms with van der Waals surface area (Å²) in [4.78, 5) is 2.58. The van der Waals surface area contributed by atoms with Crippen molar-refractivity contribution in [2.75, 3.05) is 19.7 Å². The van der Waals surface area contributed by atoms with Gasteiger partial charge in [0.25, 0.3) is 0 Å². The summed E-state index contributed by atoms with van der Waals surface area (Å²) in [5.41, 5.74) is 2.17. The lowest BCUT2D eigenvalue weighted by molar-refractivity contribution is -0.0349. The second-order valence-corrected chi connectivity index (χ2v) is 7.25. The SMILES string of the molecule is OCC1CC2CC3c4oc5ccc(O)cc5c4CCN(C2)C13. The summed E-state index contributed by atoms with van der Waals surface area (Å²) in [6, 6.07) is 5.83. The zero-order chi connectivity index (χ0) is 14.8. The summed E-state index contributed by atoms with van der Waals surface area (Å²) in [5, 5.41) is 20.7. The van der Waals surface area contributed by atoms with Crippen LogP contribution in [0.25, 0.3) is 11.0 Å². The fourth-order valence-electron chi connectivity index (χ4n) is 5.30. The number of hydrogen-bond acceptors (Lipinski definition) is 4. The van der Waals surface area contributed by atoms with E-state index in [4.69, 9.17) is 4.42 Å². The van der Waals surface area contributed by atoms with Gasteiger partial charge in [0.15, 0.2) is 0 Å². The second kappa shape index (κ2) is 4.49. The predicted molar refractivity (Wildman–Crippen MR) is 83.0 cm³/mol. The fourth-order valence-corrected chi connectivity index (χ4v) is 5.30. The normalized spacial score (nSPS) is 36.3. The maximum absolute atomic E-state index is 9.81. The van der Waals surface area contributed by atoms with Gasteiger partial charge in [-0.25, -0.2) is 0 Å². The molecule has 1 aromatic carbocycles. The monoisotopic (exact) mass is 299 g/mol. The van der Waals surface area contributed by atoms with Crippen molar-refractivity contribution in [3.63, 3.8) is 0 Å². The summed E-state index contributed by atoms with van der Waals surface area (Å²) >= 11 is 0. The van der Waals surface area contributed by atoms with Gasteiger partial charge in [-0.2, -0.15) is 0 Å². The molecule has 4 heteroatoms. The quantitative estimate of drug-likeness (QED) is 0.849. The first kappa shape index (κ1) is 13.0. The molecule has 3 aliphatic heterocycles. The number of fused-ring (bicyclic) bond motifs is 4. The molecule has 1 saturated carbocycles. The number of piperidine rings is 2. The van der Waals surface area contributed by atoms with Gasteiger partial charge >= 0.3 is 0 Å². The maximum Gasteiger partial charge on any atom is 0.134 e. The van der Waals surface area contributed by atoms with Gasteiger partial charge in [0.05, 0.1) is 0 Å². The Hall–Kier alpha value is -1.52. The lowest BCUT2D eigenvalue weighted by Crippen LogP contribution is -2.57. The van der Waals surface area contributed by atoms with E-state index in [2.05, 4.69) is 4.90 Å². The van der Waals surface area contributed by atoms with E-state index < -0.39 is 0 Å². The number of aliphatic hydroxyl groups excluding tert-OH is 1. The van der Waals surface area contributed by atoms with Crippen LogP contribution in [-0.4, -0.2) is 40.9 Å². The molecule has 0 spiro atoms. The molecule has 0 amide bonds. The third-order valence-corrected chi connectivity index (χ3v) is 6.06. The number of aromatic hydroxyl groups is 1. The van der Waals surface area contributed by atoms with Crippen LogP contribution in [0.15, 0.2) is 22.6 Å². The van der Waals surface area contributed by atoms with Crippen molar-refractivity contribution in [3.8, 4) is 5.75 Å². The van der Waals surface area contributed by atoms with E-state index >= 15 is 0 Å². The average Bonchev–Trinajstić information content (AvgIpc) is 2.85. The van der Waals surface area contributed by atoms with Gasteiger partial charge in [0.1, 0.15) is 17.1 Å². The number of nitrogens with zero attached hydrogens (tertiary/aromatic N) is 1. The lowest BCUT2D eigenvalue weighted by Gasteiger charge is -2.52. The number of hydrogen-bond donors (Lipinski definition) is 2. The second-order valence-electron chi connectivity index (χ2n) is 7.25. The molecule has 1 aliphatic carbocycles. The zero-order valence-corrected chi connectivity index (χ0v) is 12.5. The van der Waals surface area contributed by atoms with E-state index in [1.807, 2.05) is 12.1 Å². The Morgan fingerprint density at radius 2 is 2.18 bits per heavy atom. The predicted octanol–water partition coefficient (Wildman–Crippen LogP) is 2.48. The summed E-state index contributed by atoms with van der Waals surface area (Å²) in [6.07, 6.45) is 3.31. The van der Waals surface area contributed by atoms with Crippen LogP contribution in [-0.2, 0) is 6.42 Å². The van der Waals surface area contributed by atoms with Crippen LogP contribution in [0.1, 0.15) is 30.1 Å². The van der Waals surface area contributed by atoms with Crippen LogP contribution >= 0.6 is 0 Å². The Morgan fingerprint density at radius 1 is 1.27 bits per heavy atom.